The van der Waals surface area contributed by atoms with E-state index in [1.165, 1.54) is 5.69 Å². The lowest BCUT2D eigenvalue weighted by Gasteiger charge is -2.30. The Bertz CT molecular complexity index is 293. The highest BCUT2D eigenvalue weighted by Gasteiger charge is 2.16. The fourth-order valence-corrected chi connectivity index (χ4v) is 2.00. The SMILES string of the molecule is Cl.Cl.Cn1cccc1CN1CCC(N)CC1. The predicted octanol–water partition coefficient (Wildman–Crippen LogP) is 1.79. The zero-order valence-electron chi connectivity index (χ0n) is 9.63. The monoisotopic (exact) mass is 265 g/mol. The molecule has 0 spiro atoms. The third-order valence-corrected chi connectivity index (χ3v) is 3.07. The van der Waals surface area contributed by atoms with Crippen LogP contribution in [0.3, 0.4) is 0 Å². The van der Waals surface area contributed by atoms with Gasteiger partial charge >= 0.3 is 0 Å². The average Bonchev–Trinajstić information content (AvgIpc) is 2.56. The average molecular weight is 266 g/mol. The van der Waals surface area contributed by atoms with E-state index >= 15 is 0 Å². The van der Waals surface area contributed by atoms with Crippen molar-refractivity contribution in [1.29, 1.82) is 0 Å². The molecule has 1 aromatic heterocycles. The van der Waals surface area contributed by atoms with Gasteiger partial charge in [-0.05, 0) is 25.0 Å². The van der Waals surface area contributed by atoms with Gasteiger partial charge in [-0.3, -0.25) is 4.90 Å². The van der Waals surface area contributed by atoms with Crippen molar-refractivity contribution >= 4 is 24.8 Å². The van der Waals surface area contributed by atoms with Crippen molar-refractivity contribution in [3.05, 3.63) is 24.0 Å². The molecule has 3 nitrogen and oxygen atoms in total. The first-order valence-corrected chi connectivity index (χ1v) is 5.34. The third-order valence-electron chi connectivity index (χ3n) is 3.07. The molecule has 1 aliphatic rings. The number of aromatic nitrogens is 1. The van der Waals surface area contributed by atoms with Crippen molar-refractivity contribution in [3.63, 3.8) is 0 Å². The summed E-state index contributed by atoms with van der Waals surface area (Å²) in [4.78, 5) is 2.48. The normalized spacial score (nSPS) is 17.6. The summed E-state index contributed by atoms with van der Waals surface area (Å²) in [5.41, 5.74) is 7.26. The van der Waals surface area contributed by atoms with E-state index in [1.54, 1.807) is 0 Å². The van der Waals surface area contributed by atoms with Gasteiger partial charge in [0.1, 0.15) is 0 Å². The number of halogens is 2. The molecule has 2 heterocycles. The van der Waals surface area contributed by atoms with Gasteiger partial charge in [-0.2, -0.15) is 0 Å². The molecule has 16 heavy (non-hydrogen) atoms. The van der Waals surface area contributed by atoms with Gasteiger partial charge < -0.3 is 10.3 Å². The summed E-state index contributed by atoms with van der Waals surface area (Å²) in [6.45, 7) is 3.36. The van der Waals surface area contributed by atoms with Crippen molar-refractivity contribution < 1.29 is 0 Å². The number of piperidine rings is 1. The number of nitrogens with two attached hydrogens (primary N) is 1. The fourth-order valence-electron chi connectivity index (χ4n) is 2.00. The van der Waals surface area contributed by atoms with E-state index in [0.717, 1.165) is 32.5 Å². The van der Waals surface area contributed by atoms with E-state index in [9.17, 15) is 0 Å². The highest BCUT2D eigenvalue weighted by atomic mass is 35.5. The van der Waals surface area contributed by atoms with E-state index in [0.29, 0.717) is 6.04 Å². The lowest BCUT2D eigenvalue weighted by atomic mass is 10.1. The van der Waals surface area contributed by atoms with E-state index in [-0.39, 0.29) is 24.8 Å². The van der Waals surface area contributed by atoms with Gasteiger partial charge in [-0.1, -0.05) is 0 Å². The van der Waals surface area contributed by atoms with Crippen LogP contribution in [0.2, 0.25) is 0 Å². The highest BCUT2D eigenvalue weighted by Crippen LogP contribution is 2.12. The van der Waals surface area contributed by atoms with Crippen LogP contribution in [-0.4, -0.2) is 28.6 Å². The van der Waals surface area contributed by atoms with Gasteiger partial charge in [0.05, 0.1) is 0 Å². The van der Waals surface area contributed by atoms with Crippen LogP contribution in [0.4, 0.5) is 0 Å². The Hall–Kier alpha value is -0.220. The Morgan fingerprint density at radius 2 is 1.94 bits per heavy atom. The summed E-state index contributed by atoms with van der Waals surface area (Å²) in [7, 11) is 2.10. The minimum absolute atomic E-state index is 0. The van der Waals surface area contributed by atoms with Gasteiger partial charge in [0.15, 0.2) is 0 Å². The van der Waals surface area contributed by atoms with Crippen LogP contribution < -0.4 is 5.73 Å². The largest absolute Gasteiger partial charge is 0.353 e. The Balaban J connectivity index is 0.00000112. The molecule has 1 aliphatic heterocycles. The summed E-state index contributed by atoms with van der Waals surface area (Å²) in [6.07, 6.45) is 4.39. The topological polar surface area (TPSA) is 34.2 Å². The molecule has 0 saturated carbocycles. The van der Waals surface area contributed by atoms with E-state index in [4.69, 9.17) is 5.73 Å². The van der Waals surface area contributed by atoms with E-state index in [1.807, 2.05) is 0 Å². The molecule has 0 amide bonds. The van der Waals surface area contributed by atoms with Crippen LogP contribution in [0.15, 0.2) is 18.3 Å². The quantitative estimate of drug-likeness (QED) is 0.885. The van der Waals surface area contributed by atoms with Gasteiger partial charge in [-0.25, -0.2) is 0 Å². The van der Waals surface area contributed by atoms with Crippen LogP contribution >= 0.6 is 24.8 Å². The predicted molar refractivity (Wildman–Crippen MR) is 72.4 cm³/mol. The molecule has 1 fully saturated rings. The van der Waals surface area contributed by atoms with Gasteiger partial charge in [0.25, 0.3) is 0 Å². The fraction of sp³-hybridized carbons (Fsp3) is 0.636. The van der Waals surface area contributed by atoms with Crippen LogP contribution in [0.5, 0.6) is 0 Å². The molecule has 0 aromatic carbocycles. The molecule has 0 radical (unpaired) electrons. The van der Waals surface area contributed by atoms with Gasteiger partial charge in [0, 0.05) is 44.6 Å². The third kappa shape index (κ3) is 3.98. The van der Waals surface area contributed by atoms with Crippen LogP contribution in [0, 0.1) is 0 Å². The zero-order valence-corrected chi connectivity index (χ0v) is 11.3. The standard InChI is InChI=1S/C11H19N3.2ClH/c1-13-6-2-3-11(13)9-14-7-4-10(12)5-8-14;;/h2-3,6,10H,4-5,7-9,12H2,1H3;2*1H. The van der Waals surface area contributed by atoms with E-state index < -0.39 is 0 Å². The van der Waals surface area contributed by atoms with Crippen molar-refractivity contribution in [1.82, 2.24) is 9.47 Å². The minimum Gasteiger partial charge on any atom is -0.353 e. The summed E-state index contributed by atoms with van der Waals surface area (Å²) >= 11 is 0. The summed E-state index contributed by atoms with van der Waals surface area (Å²) in [5, 5.41) is 0. The van der Waals surface area contributed by atoms with Crippen molar-refractivity contribution in [2.45, 2.75) is 25.4 Å². The van der Waals surface area contributed by atoms with Crippen molar-refractivity contribution in [3.8, 4) is 0 Å². The Kier molecular flexibility index (Phi) is 7.07. The number of likely N-dealkylation sites (tertiary alicyclic amines) is 1. The molecule has 2 N–H and O–H groups in total. The summed E-state index contributed by atoms with van der Waals surface area (Å²) < 4.78 is 2.19. The highest BCUT2D eigenvalue weighted by molar-refractivity contribution is 5.85. The van der Waals surface area contributed by atoms with Gasteiger partial charge in [-0.15, -0.1) is 24.8 Å². The second-order valence-electron chi connectivity index (χ2n) is 4.22. The van der Waals surface area contributed by atoms with Crippen LogP contribution in [0.1, 0.15) is 18.5 Å². The second kappa shape index (κ2) is 7.17. The Labute approximate surface area is 110 Å². The maximum Gasteiger partial charge on any atom is 0.0387 e. The molecule has 5 heteroatoms. The number of hydrogen-bond donors (Lipinski definition) is 1. The molecule has 2 rings (SSSR count). The molecule has 1 aromatic rings. The molecule has 0 aliphatic carbocycles. The Morgan fingerprint density at radius 3 is 2.44 bits per heavy atom. The number of aryl methyl sites for hydroxylation is 1. The molecular formula is C11H21Cl2N3. The van der Waals surface area contributed by atoms with Crippen LogP contribution in [-0.2, 0) is 13.6 Å². The Morgan fingerprint density at radius 1 is 1.31 bits per heavy atom. The first kappa shape index (κ1) is 15.8. The lowest BCUT2D eigenvalue weighted by Crippen LogP contribution is -2.39. The maximum atomic E-state index is 5.87. The van der Waals surface area contributed by atoms with Crippen molar-refractivity contribution in [2.75, 3.05) is 13.1 Å². The number of rotatable bonds is 2. The smallest absolute Gasteiger partial charge is 0.0387 e. The number of nitrogens with zero attached hydrogens (tertiary/aromatic N) is 2. The second-order valence-corrected chi connectivity index (χ2v) is 4.22. The summed E-state index contributed by atoms with van der Waals surface area (Å²) in [6, 6.07) is 4.72. The van der Waals surface area contributed by atoms with Crippen molar-refractivity contribution in [2.24, 2.45) is 12.8 Å². The zero-order chi connectivity index (χ0) is 9.97. The molecule has 94 valence electrons. The minimum atomic E-state index is 0. The molecule has 0 bridgehead atoms. The van der Waals surface area contributed by atoms with E-state index in [2.05, 4.69) is 34.8 Å². The molecular weight excluding hydrogens is 245 g/mol. The summed E-state index contributed by atoms with van der Waals surface area (Å²) in [5.74, 6) is 0. The number of hydrogen-bond acceptors (Lipinski definition) is 2. The first-order valence-electron chi connectivity index (χ1n) is 5.34. The molecule has 0 atom stereocenters. The molecule has 1 saturated heterocycles. The first-order chi connectivity index (χ1) is 6.75. The van der Waals surface area contributed by atoms with Gasteiger partial charge in [0.2, 0.25) is 0 Å². The van der Waals surface area contributed by atoms with Crippen LogP contribution in [0.25, 0.3) is 0 Å². The molecule has 0 unspecified atom stereocenters. The maximum absolute atomic E-state index is 5.87. The lowest BCUT2D eigenvalue weighted by molar-refractivity contribution is 0.202.